The lowest BCUT2D eigenvalue weighted by atomic mass is 10.0. The molecule has 1 heterocycles. The molecule has 1 amide bonds. The minimum Gasteiger partial charge on any atom is -0.495 e. The summed E-state index contributed by atoms with van der Waals surface area (Å²) in [6.45, 7) is 3.11. The van der Waals surface area contributed by atoms with Crippen LogP contribution in [0.2, 0.25) is 0 Å². The molecule has 150 valence electrons. The number of amides is 1. The Morgan fingerprint density at radius 1 is 1.04 bits per heavy atom. The SMILES string of the molecule is COCC(=O)N(c1ccccc1OC)C1CCN(CCc2ccccc2)CC1. The maximum absolute atomic E-state index is 12.8. The van der Waals surface area contributed by atoms with Gasteiger partial charge < -0.3 is 19.3 Å². The van der Waals surface area contributed by atoms with Crippen LogP contribution in [0.4, 0.5) is 5.69 Å². The van der Waals surface area contributed by atoms with E-state index in [2.05, 4.69) is 35.2 Å². The third-order valence-electron chi connectivity index (χ3n) is 5.36. The summed E-state index contributed by atoms with van der Waals surface area (Å²) in [6.07, 6.45) is 2.95. The summed E-state index contributed by atoms with van der Waals surface area (Å²) >= 11 is 0. The zero-order chi connectivity index (χ0) is 19.8. The van der Waals surface area contributed by atoms with Gasteiger partial charge in [0.25, 0.3) is 5.91 Å². The number of para-hydroxylation sites is 2. The van der Waals surface area contributed by atoms with E-state index in [1.807, 2.05) is 29.2 Å². The van der Waals surface area contributed by atoms with Gasteiger partial charge in [0.1, 0.15) is 12.4 Å². The van der Waals surface area contributed by atoms with Crippen molar-refractivity contribution in [3.8, 4) is 5.75 Å². The lowest BCUT2D eigenvalue weighted by molar-refractivity contribution is -0.122. The molecule has 0 radical (unpaired) electrons. The molecule has 0 bridgehead atoms. The van der Waals surface area contributed by atoms with E-state index in [0.717, 1.165) is 50.3 Å². The van der Waals surface area contributed by atoms with Gasteiger partial charge in [0, 0.05) is 32.8 Å². The van der Waals surface area contributed by atoms with Crippen LogP contribution in [0.25, 0.3) is 0 Å². The fourth-order valence-electron chi connectivity index (χ4n) is 3.89. The molecule has 0 N–H and O–H groups in total. The van der Waals surface area contributed by atoms with Crippen LogP contribution in [0.15, 0.2) is 54.6 Å². The van der Waals surface area contributed by atoms with Crippen LogP contribution in [0.5, 0.6) is 5.75 Å². The van der Waals surface area contributed by atoms with E-state index in [1.54, 1.807) is 14.2 Å². The molecule has 2 aromatic carbocycles. The predicted octanol–water partition coefficient (Wildman–Crippen LogP) is 3.38. The summed E-state index contributed by atoms with van der Waals surface area (Å²) in [5.74, 6) is 0.702. The summed E-state index contributed by atoms with van der Waals surface area (Å²) in [4.78, 5) is 17.2. The van der Waals surface area contributed by atoms with Crippen LogP contribution in [-0.2, 0) is 16.0 Å². The minimum absolute atomic E-state index is 0.0188. The molecule has 1 fully saturated rings. The minimum atomic E-state index is -0.0188. The van der Waals surface area contributed by atoms with Crippen LogP contribution in [0.1, 0.15) is 18.4 Å². The summed E-state index contributed by atoms with van der Waals surface area (Å²) in [6, 6.07) is 18.5. The highest BCUT2D eigenvalue weighted by Gasteiger charge is 2.30. The number of hydrogen-bond acceptors (Lipinski definition) is 4. The average Bonchev–Trinajstić information content (AvgIpc) is 2.75. The van der Waals surface area contributed by atoms with E-state index in [0.29, 0.717) is 0 Å². The van der Waals surface area contributed by atoms with Gasteiger partial charge in [-0.3, -0.25) is 4.79 Å². The van der Waals surface area contributed by atoms with Crippen molar-refractivity contribution in [3.05, 3.63) is 60.2 Å². The van der Waals surface area contributed by atoms with Crippen molar-refractivity contribution in [1.82, 2.24) is 4.90 Å². The van der Waals surface area contributed by atoms with Crippen molar-refractivity contribution >= 4 is 11.6 Å². The first-order valence-electron chi connectivity index (χ1n) is 9.93. The second-order valence-electron chi connectivity index (χ2n) is 7.18. The number of nitrogens with zero attached hydrogens (tertiary/aromatic N) is 2. The van der Waals surface area contributed by atoms with Crippen molar-refractivity contribution in [2.24, 2.45) is 0 Å². The number of rotatable bonds is 8. The smallest absolute Gasteiger partial charge is 0.253 e. The Morgan fingerprint density at radius 2 is 1.71 bits per heavy atom. The number of benzene rings is 2. The van der Waals surface area contributed by atoms with Gasteiger partial charge >= 0.3 is 0 Å². The van der Waals surface area contributed by atoms with Crippen molar-refractivity contribution in [2.45, 2.75) is 25.3 Å². The first-order valence-corrected chi connectivity index (χ1v) is 9.93. The van der Waals surface area contributed by atoms with Crippen molar-refractivity contribution in [3.63, 3.8) is 0 Å². The predicted molar refractivity (Wildman–Crippen MR) is 112 cm³/mol. The second-order valence-corrected chi connectivity index (χ2v) is 7.18. The summed E-state index contributed by atoms with van der Waals surface area (Å²) in [5, 5.41) is 0. The molecular weight excluding hydrogens is 352 g/mol. The molecule has 28 heavy (non-hydrogen) atoms. The van der Waals surface area contributed by atoms with E-state index >= 15 is 0 Å². The number of hydrogen-bond donors (Lipinski definition) is 0. The highest BCUT2D eigenvalue weighted by atomic mass is 16.5. The van der Waals surface area contributed by atoms with E-state index in [4.69, 9.17) is 9.47 Å². The topological polar surface area (TPSA) is 42.0 Å². The molecule has 0 unspecified atom stereocenters. The lowest BCUT2D eigenvalue weighted by Gasteiger charge is -2.39. The Bertz CT molecular complexity index is 743. The van der Waals surface area contributed by atoms with Crippen LogP contribution < -0.4 is 9.64 Å². The maximum atomic E-state index is 12.8. The van der Waals surface area contributed by atoms with Crippen molar-refractivity contribution in [2.75, 3.05) is 45.4 Å². The Balaban J connectivity index is 1.65. The maximum Gasteiger partial charge on any atom is 0.253 e. The van der Waals surface area contributed by atoms with Gasteiger partial charge in [0.05, 0.1) is 12.8 Å². The van der Waals surface area contributed by atoms with E-state index in [1.165, 1.54) is 5.56 Å². The van der Waals surface area contributed by atoms with Crippen LogP contribution in [0, 0.1) is 0 Å². The third kappa shape index (κ3) is 5.12. The molecule has 0 aromatic heterocycles. The van der Waals surface area contributed by atoms with Gasteiger partial charge in [-0.05, 0) is 37.0 Å². The second kappa shape index (κ2) is 10.2. The first kappa shape index (κ1) is 20.4. The number of carbonyl (C=O) groups is 1. The molecule has 1 aliphatic rings. The zero-order valence-corrected chi connectivity index (χ0v) is 16.8. The summed E-state index contributed by atoms with van der Waals surface area (Å²) in [7, 11) is 3.20. The van der Waals surface area contributed by atoms with Crippen LogP contribution in [0.3, 0.4) is 0 Å². The Morgan fingerprint density at radius 3 is 2.39 bits per heavy atom. The average molecular weight is 383 g/mol. The number of carbonyl (C=O) groups excluding carboxylic acids is 1. The fraction of sp³-hybridized carbons (Fsp3) is 0.435. The molecule has 0 aliphatic carbocycles. The Kier molecular flexibility index (Phi) is 7.46. The standard InChI is InChI=1S/C23H30N2O3/c1-27-18-23(26)25(21-10-6-7-11-22(21)28-2)20-13-16-24(17-14-20)15-12-19-8-4-3-5-9-19/h3-11,20H,12-18H2,1-2H3. The highest BCUT2D eigenvalue weighted by molar-refractivity contribution is 5.96. The van der Waals surface area contributed by atoms with E-state index in [9.17, 15) is 4.79 Å². The van der Waals surface area contributed by atoms with E-state index < -0.39 is 0 Å². The van der Waals surface area contributed by atoms with Gasteiger partial charge in [-0.2, -0.15) is 0 Å². The molecule has 0 saturated carbocycles. The molecule has 5 heteroatoms. The molecule has 3 rings (SSSR count). The number of methoxy groups -OCH3 is 2. The number of piperidine rings is 1. The van der Waals surface area contributed by atoms with Gasteiger partial charge in [0.2, 0.25) is 0 Å². The summed E-state index contributed by atoms with van der Waals surface area (Å²) in [5.41, 5.74) is 2.20. The van der Waals surface area contributed by atoms with Crippen LogP contribution in [-0.4, -0.2) is 57.3 Å². The van der Waals surface area contributed by atoms with Gasteiger partial charge in [0.15, 0.2) is 0 Å². The normalized spacial score (nSPS) is 15.4. The van der Waals surface area contributed by atoms with Crippen LogP contribution >= 0.6 is 0 Å². The Hall–Kier alpha value is -2.37. The molecule has 5 nitrogen and oxygen atoms in total. The molecule has 0 spiro atoms. The largest absolute Gasteiger partial charge is 0.495 e. The number of likely N-dealkylation sites (tertiary alicyclic amines) is 1. The fourth-order valence-corrected chi connectivity index (χ4v) is 3.89. The van der Waals surface area contributed by atoms with E-state index in [-0.39, 0.29) is 18.6 Å². The monoisotopic (exact) mass is 382 g/mol. The molecule has 1 saturated heterocycles. The molecule has 0 atom stereocenters. The number of ether oxygens (including phenoxy) is 2. The van der Waals surface area contributed by atoms with Gasteiger partial charge in [-0.25, -0.2) is 0 Å². The molecule has 1 aliphatic heterocycles. The Labute approximate surface area is 167 Å². The lowest BCUT2D eigenvalue weighted by Crippen LogP contribution is -2.49. The highest BCUT2D eigenvalue weighted by Crippen LogP contribution is 2.32. The van der Waals surface area contributed by atoms with Gasteiger partial charge in [-0.1, -0.05) is 42.5 Å². The molecule has 2 aromatic rings. The first-order chi connectivity index (χ1) is 13.7. The summed E-state index contributed by atoms with van der Waals surface area (Å²) < 4.78 is 10.6. The van der Waals surface area contributed by atoms with Gasteiger partial charge in [-0.15, -0.1) is 0 Å². The van der Waals surface area contributed by atoms with Crippen molar-refractivity contribution < 1.29 is 14.3 Å². The quantitative estimate of drug-likeness (QED) is 0.702. The number of anilines is 1. The van der Waals surface area contributed by atoms with Crippen molar-refractivity contribution in [1.29, 1.82) is 0 Å². The third-order valence-corrected chi connectivity index (χ3v) is 5.36. The zero-order valence-electron chi connectivity index (χ0n) is 16.8. The molecular formula is C23H30N2O3.